The molecular formula is C46H42N4. The Morgan fingerprint density at radius 1 is 0.440 bits per heavy atom. The van der Waals surface area contributed by atoms with Crippen LogP contribution in [0.1, 0.15) is 58.9 Å². The molecule has 0 saturated heterocycles. The second-order valence-corrected chi connectivity index (χ2v) is 13.7. The number of aryl methyl sites for hydroxylation is 6. The first-order chi connectivity index (χ1) is 24.2. The van der Waals surface area contributed by atoms with Crippen LogP contribution in [0.25, 0.3) is 78.7 Å². The molecule has 0 atom stereocenters. The van der Waals surface area contributed by atoms with Gasteiger partial charge < -0.3 is 9.13 Å². The topological polar surface area (TPSA) is 35.6 Å². The van der Waals surface area contributed by atoms with Gasteiger partial charge in [0.25, 0.3) is 0 Å². The summed E-state index contributed by atoms with van der Waals surface area (Å²) in [6.45, 7) is 13.5. The summed E-state index contributed by atoms with van der Waals surface area (Å²) in [6, 6.07) is 34.5. The Labute approximate surface area is 294 Å². The van der Waals surface area contributed by atoms with E-state index in [-0.39, 0.29) is 0 Å². The molecule has 8 rings (SSSR count). The monoisotopic (exact) mass is 650 g/mol. The minimum absolute atomic E-state index is 0.943. The van der Waals surface area contributed by atoms with Gasteiger partial charge in [-0.1, -0.05) is 91.0 Å². The lowest BCUT2D eigenvalue weighted by molar-refractivity contribution is 1.00. The zero-order valence-corrected chi connectivity index (χ0v) is 30.2. The number of aromatic nitrogens is 4. The molecule has 0 N–H and O–H groups in total. The van der Waals surface area contributed by atoms with Crippen LogP contribution in [0, 0.1) is 27.7 Å². The van der Waals surface area contributed by atoms with Crippen molar-refractivity contribution < 1.29 is 0 Å². The number of allylic oxidation sites excluding steroid dienone is 2. The minimum atomic E-state index is 0.943. The van der Waals surface area contributed by atoms with E-state index in [1.165, 1.54) is 50.0 Å². The van der Waals surface area contributed by atoms with Crippen LogP contribution in [-0.4, -0.2) is 19.1 Å². The zero-order chi connectivity index (χ0) is 34.8. The Morgan fingerprint density at radius 3 is 1.36 bits per heavy atom. The molecule has 246 valence electrons. The van der Waals surface area contributed by atoms with Crippen molar-refractivity contribution in [2.45, 2.75) is 41.5 Å². The van der Waals surface area contributed by atoms with Gasteiger partial charge in [0.05, 0.1) is 39.3 Å². The normalized spacial score (nSPS) is 12.6. The second-order valence-electron chi connectivity index (χ2n) is 13.7. The zero-order valence-electron chi connectivity index (χ0n) is 30.2. The van der Waals surface area contributed by atoms with E-state index >= 15 is 0 Å². The highest BCUT2D eigenvalue weighted by atomic mass is 15.0. The first-order valence-electron chi connectivity index (χ1n) is 17.4. The molecule has 3 aromatic carbocycles. The van der Waals surface area contributed by atoms with Crippen LogP contribution >= 0.6 is 0 Å². The molecule has 4 heteroatoms. The molecular weight excluding hydrogens is 609 g/mol. The molecule has 0 radical (unpaired) electrons. The summed E-state index contributed by atoms with van der Waals surface area (Å²) in [5, 5.41) is 0. The van der Waals surface area contributed by atoms with Gasteiger partial charge in [-0.05, 0) is 110 Å². The maximum atomic E-state index is 5.70. The van der Waals surface area contributed by atoms with Crippen LogP contribution in [0.5, 0.6) is 0 Å². The van der Waals surface area contributed by atoms with Crippen molar-refractivity contribution >= 4 is 45.4 Å². The first kappa shape index (κ1) is 31.5. The minimum Gasteiger partial charge on any atom is -0.344 e. The first-order valence-corrected chi connectivity index (χ1v) is 17.4. The third kappa shape index (κ3) is 4.74. The van der Waals surface area contributed by atoms with Crippen LogP contribution in [-0.2, 0) is 14.1 Å². The fourth-order valence-electron chi connectivity index (χ4n) is 8.08. The predicted octanol–water partition coefficient (Wildman–Crippen LogP) is 11.7. The van der Waals surface area contributed by atoms with Crippen molar-refractivity contribution in [3.8, 4) is 33.4 Å². The largest absolute Gasteiger partial charge is 0.344 e. The quantitative estimate of drug-likeness (QED) is 0.191. The van der Waals surface area contributed by atoms with Crippen molar-refractivity contribution in [2.75, 3.05) is 0 Å². The van der Waals surface area contributed by atoms with E-state index in [1.807, 2.05) is 0 Å². The standard InChI is InChI=1S/C46H42N4/c1-27-30(4)45-40(34-20-14-10-15-21-34)42-28(2)29(3)43(48-42)41(35-22-16-11-17-23-35)46-32(6)31(5)44(50(46)8)39(33-18-12-9-13-19-33)37-25-24-36(47-37)26-38(27)49(45)7/h9-26H,1-8H3. The molecule has 0 fully saturated rings. The molecule has 0 aliphatic carbocycles. The van der Waals surface area contributed by atoms with Crippen molar-refractivity contribution in [1.82, 2.24) is 19.1 Å². The van der Waals surface area contributed by atoms with Gasteiger partial charge in [-0.25, -0.2) is 9.97 Å². The van der Waals surface area contributed by atoms with Crippen molar-refractivity contribution in [1.29, 1.82) is 0 Å². The molecule has 50 heavy (non-hydrogen) atoms. The Morgan fingerprint density at radius 2 is 0.860 bits per heavy atom. The maximum absolute atomic E-state index is 5.70. The van der Waals surface area contributed by atoms with E-state index in [9.17, 15) is 0 Å². The second kappa shape index (κ2) is 12.0. The van der Waals surface area contributed by atoms with Crippen LogP contribution in [0.4, 0.5) is 0 Å². The van der Waals surface area contributed by atoms with E-state index in [0.717, 1.165) is 61.7 Å². The number of hydrogen-bond acceptors (Lipinski definition) is 2. The van der Waals surface area contributed by atoms with Gasteiger partial charge in [0.15, 0.2) is 0 Å². The van der Waals surface area contributed by atoms with Gasteiger partial charge in [0.2, 0.25) is 0 Å². The third-order valence-corrected chi connectivity index (χ3v) is 11.0. The predicted molar refractivity (Wildman–Crippen MR) is 213 cm³/mol. The summed E-state index contributed by atoms with van der Waals surface area (Å²) in [5.41, 5.74) is 22.8. The van der Waals surface area contributed by atoms with Gasteiger partial charge in [-0.15, -0.1) is 0 Å². The summed E-state index contributed by atoms with van der Waals surface area (Å²) in [5.74, 6) is 0. The number of fused-ring (bicyclic) bond motifs is 8. The number of benzene rings is 3. The van der Waals surface area contributed by atoms with Crippen LogP contribution in [0.2, 0.25) is 0 Å². The molecule has 2 aliphatic heterocycles. The Kier molecular flexibility index (Phi) is 7.56. The van der Waals surface area contributed by atoms with Crippen LogP contribution < -0.4 is 0 Å². The summed E-state index contributed by atoms with van der Waals surface area (Å²) in [4.78, 5) is 11.0. The van der Waals surface area contributed by atoms with Crippen LogP contribution in [0.3, 0.4) is 0 Å². The maximum Gasteiger partial charge on any atom is 0.0769 e. The summed E-state index contributed by atoms with van der Waals surface area (Å²) >= 11 is 0. The Hall–Kier alpha value is -5.74. The van der Waals surface area contributed by atoms with E-state index in [0.29, 0.717) is 0 Å². The lowest BCUT2D eigenvalue weighted by Gasteiger charge is -2.11. The lowest BCUT2D eigenvalue weighted by atomic mass is 9.95. The van der Waals surface area contributed by atoms with Crippen molar-refractivity contribution in [3.63, 3.8) is 0 Å². The average Bonchev–Trinajstić information content (AvgIpc) is 3.83. The van der Waals surface area contributed by atoms with Gasteiger partial charge in [-0.2, -0.15) is 0 Å². The molecule has 2 aliphatic rings. The number of rotatable bonds is 3. The molecule has 0 saturated carbocycles. The van der Waals surface area contributed by atoms with E-state index in [2.05, 4.69) is 174 Å². The molecule has 0 amide bonds. The highest BCUT2D eigenvalue weighted by Gasteiger charge is 2.26. The fourth-order valence-corrected chi connectivity index (χ4v) is 8.08. The third-order valence-electron chi connectivity index (χ3n) is 11.0. The highest BCUT2D eigenvalue weighted by Crippen LogP contribution is 2.45. The summed E-state index contributed by atoms with van der Waals surface area (Å²) < 4.78 is 4.73. The summed E-state index contributed by atoms with van der Waals surface area (Å²) in [7, 11) is 4.39. The molecule has 0 spiro atoms. The fraction of sp³-hybridized carbons (Fsp3) is 0.174. The number of hydrogen-bond donors (Lipinski definition) is 0. The van der Waals surface area contributed by atoms with Crippen molar-refractivity contribution in [2.24, 2.45) is 14.1 Å². The molecule has 8 bridgehead atoms. The molecule has 0 unspecified atom stereocenters. The molecule has 3 aromatic heterocycles. The number of nitrogens with zero attached hydrogens (tertiary/aromatic N) is 4. The molecule has 4 nitrogen and oxygen atoms in total. The molecule has 6 aromatic rings. The Balaban J connectivity index is 1.71. The van der Waals surface area contributed by atoms with Gasteiger partial charge >= 0.3 is 0 Å². The lowest BCUT2D eigenvalue weighted by Crippen LogP contribution is -1.97. The van der Waals surface area contributed by atoms with E-state index in [4.69, 9.17) is 9.97 Å². The van der Waals surface area contributed by atoms with Gasteiger partial charge in [-0.3, -0.25) is 0 Å². The Bertz CT molecular complexity index is 2580. The van der Waals surface area contributed by atoms with E-state index in [1.54, 1.807) is 0 Å². The molecule has 5 heterocycles. The van der Waals surface area contributed by atoms with Crippen molar-refractivity contribution in [3.05, 3.63) is 142 Å². The van der Waals surface area contributed by atoms with E-state index < -0.39 is 0 Å². The average molecular weight is 651 g/mol. The van der Waals surface area contributed by atoms with Gasteiger partial charge in [0.1, 0.15) is 0 Å². The van der Waals surface area contributed by atoms with Crippen LogP contribution in [0.15, 0.2) is 97.1 Å². The highest BCUT2D eigenvalue weighted by molar-refractivity contribution is 6.05. The SMILES string of the molecule is CC1=C(C)c2nc1c(-c1ccccc1)c1c(C)c(C)c(cc3nc(c(-c4ccccc4)c4c(C)c(C)c(c2-c2ccccc2)n4C)C=C3)n1C. The van der Waals surface area contributed by atoms with Gasteiger partial charge in [0, 0.05) is 36.3 Å². The summed E-state index contributed by atoms with van der Waals surface area (Å²) in [6.07, 6.45) is 4.34. The smallest absolute Gasteiger partial charge is 0.0769 e.